The molecule has 1 aromatic rings. The van der Waals surface area contributed by atoms with Gasteiger partial charge in [-0.2, -0.15) is 4.98 Å². The summed E-state index contributed by atoms with van der Waals surface area (Å²) in [6, 6.07) is 0. The molecule has 0 radical (unpaired) electrons. The summed E-state index contributed by atoms with van der Waals surface area (Å²) in [5, 5.41) is 0. The number of methoxy groups -OCH3 is 2. The molecule has 0 saturated heterocycles. The first-order chi connectivity index (χ1) is 9.02. The molecule has 1 heterocycles. The molecule has 1 rings (SSSR count). The largest absolute Gasteiger partial charge is 0.480 e. The molecule has 1 aromatic heterocycles. The standard InChI is InChI=1S/C13H20N2O4/c1-6-13(3,19-7-2)11(16)10-12(18-5)15-9(17-4)8-14-10/h8H,6-7H2,1-5H3. The Balaban J connectivity index is 3.17. The number of carbonyl (C=O) groups excluding carboxylic acids is 1. The fourth-order valence-corrected chi connectivity index (χ4v) is 1.65. The highest BCUT2D eigenvalue weighted by Crippen LogP contribution is 2.26. The molecule has 0 amide bonds. The quantitative estimate of drug-likeness (QED) is 0.703. The molecule has 1 unspecified atom stereocenters. The van der Waals surface area contributed by atoms with Crippen molar-refractivity contribution < 1.29 is 19.0 Å². The summed E-state index contributed by atoms with van der Waals surface area (Å²) in [6.45, 7) is 5.92. The first-order valence-corrected chi connectivity index (χ1v) is 6.16. The van der Waals surface area contributed by atoms with Gasteiger partial charge in [-0.1, -0.05) is 6.92 Å². The number of hydrogen-bond acceptors (Lipinski definition) is 6. The fraction of sp³-hybridized carbons (Fsp3) is 0.615. The Bertz CT molecular complexity index is 450. The molecular weight excluding hydrogens is 248 g/mol. The molecule has 1 atom stereocenters. The van der Waals surface area contributed by atoms with Crippen molar-refractivity contribution in [3.8, 4) is 11.8 Å². The van der Waals surface area contributed by atoms with Gasteiger partial charge < -0.3 is 14.2 Å². The summed E-state index contributed by atoms with van der Waals surface area (Å²) in [6.07, 6.45) is 1.92. The number of Topliss-reactive ketones (excluding diaryl/α,β-unsaturated/α-hetero) is 1. The Morgan fingerprint density at radius 3 is 2.47 bits per heavy atom. The van der Waals surface area contributed by atoms with Crippen LogP contribution in [0.2, 0.25) is 0 Å². The minimum atomic E-state index is -0.925. The third kappa shape index (κ3) is 3.20. The van der Waals surface area contributed by atoms with Gasteiger partial charge in [0.05, 0.1) is 20.4 Å². The number of aromatic nitrogens is 2. The van der Waals surface area contributed by atoms with Gasteiger partial charge in [0.25, 0.3) is 0 Å². The van der Waals surface area contributed by atoms with Crippen LogP contribution in [0.1, 0.15) is 37.7 Å². The van der Waals surface area contributed by atoms with Crippen LogP contribution in [0.15, 0.2) is 6.20 Å². The van der Waals surface area contributed by atoms with E-state index in [0.717, 1.165) is 0 Å². The third-order valence-electron chi connectivity index (χ3n) is 2.95. The van der Waals surface area contributed by atoms with E-state index in [4.69, 9.17) is 14.2 Å². The Labute approximate surface area is 113 Å². The summed E-state index contributed by atoms with van der Waals surface area (Å²) in [5.74, 6) is 0.190. The number of nitrogens with zero attached hydrogens (tertiary/aromatic N) is 2. The summed E-state index contributed by atoms with van der Waals surface area (Å²) < 4.78 is 15.6. The lowest BCUT2D eigenvalue weighted by Crippen LogP contribution is -2.38. The molecule has 19 heavy (non-hydrogen) atoms. The molecule has 0 spiro atoms. The molecule has 0 aliphatic rings. The van der Waals surface area contributed by atoms with Crippen molar-refractivity contribution in [3.63, 3.8) is 0 Å². The van der Waals surface area contributed by atoms with E-state index < -0.39 is 5.60 Å². The normalized spacial score (nSPS) is 13.7. The zero-order valence-electron chi connectivity index (χ0n) is 12.0. The van der Waals surface area contributed by atoms with Gasteiger partial charge in [0.15, 0.2) is 5.69 Å². The lowest BCUT2D eigenvalue weighted by Gasteiger charge is -2.26. The topological polar surface area (TPSA) is 70.5 Å². The number of rotatable bonds is 7. The summed E-state index contributed by atoms with van der Waals surface area (Å²) >= 11 is 0. The molecule has 6 nitrogen and oxygen atoms in total. The van der Waals surface area contributed by atoms with E-state index in [1.165, 1.54) is 20.4 Å². The van der Waals surface area contributed by atoms with Crippen LogP contribution in [0.3, 0.4) is 0 Å². The smallest absolute Gasteiger partial charge is 0.246 e. The number of carbonyl (C=O) groups is 1. The van der Waals surface area contributed by atoms with E-state index in [0.29, 0.717) is 18.9 Å². The van der Waals surface area contributed by atoms with E-state index in [-0.39, 0.29) is 17.4 Å². The monoisotopic (exact) mass is 268 g/mol. The van der Waals surface area contributed by atoms with Crippen molar-refractivity contribution in [2.75, 3.05) is 20.8 Å². The van der Waals surface area contributed by atoms with Crippen LogP contribution in [-0.4, -0.2) is 42.2 Å². The van der Waals surface area contributed by atoms with Crippen LogP contribution in [0.5, 0.6) is 11.8 Å². The zero-order chi connectivity index (χ0) is 14.5. The van der Waals surface area contributed by atoms with Gasteiger partial charge in [0, 0.05) is 6.61 Å². The van der Waals surface area contributed by atoms with Crippen LogP contribution >= 0.6 is 0 Å². The van der Waals surface area contributed by atoms with Gasteiger partial charge in [-0.25, -0.2) is 4.98 Å². The van der Waals surface area contributed by atoms with Gasteiger partial charge in [-0.3, -0.25) is 4.79 Å². The van der Waals surface area contributed by atoms with E-state index in [2.05, 4.69) is 9.97 Å². The Kier molecular flexibility index (Phi) is 5.23. The minimum Gasteiger partial charge on any atom is -0.480 e. The van der Waals surface area contributed by atoms with Crippen molar-refractivity contribution in [1.82, 2.24) is 9.97 Å². The van der Waals surface area contributed by atoms with Crippen molar-refractivity contribution in [2.24, 2.45) is 0 Å². The Hall–Kier alpha value is -1.69. The van der Waals surface area contributed by atoms with Crippen molar-refractivity contribution >= 4 is 5.78 Å². The molecule has 0 N–H and O–H groups in total. The van der Waals surface area contributed by atoms with Crippen LogP contribution in [0.4, 0.5) is 0 Å². The summed E-state index contributed by atoms with van der Waals surface area (Å²) in [4.78, 5) is 20.6. The van der Waals surface area contributed by atoms with E-state index in [9.17, 15) is 4.79 Å². The lowest BCUT2D eigenvalue weighted by molar-refractivity contribution is -0.0122. The molecule has 106 valence electrons. The van der Waals surface area contributed by atoms with Gasteiger partial charge in [-0.05, 0) is 20.3 Å². The fourth-order valence-electron chi connectivity index (χ4n) is 1.65. The average Bonchev–Trinajstić information content (AvgIpc) is 2.45. The highest BCUT2D eigenvalue weighted by Gasteiger charge is 2.36. The minimum absolute atomic E-state index is 0.142. The maximum absolute atomic E-state index is 12.5. The predicted molar refractivity (Wildman–Crippen MR) is 69.8 cm³/mol. The van der Waals surface area contributed by atoms with E-state index in [1.807, 2.05) is 13.8 Å². The third-order valence-corrected chi connectivity index (χ3v) is 2.95. The Morgan fingerprint density at radius 2 is 2.00 bits per heavy atom. The first-order valence-electron chi connectivity index (χ1n) is 6.16. The van der Waals surface area contributed by atoms with Gasteiger partial charge in [-0.15, -0.1) is 0 Å². The second kappa shape index (κ2) is 6.47. The molecule has 0 bridgehead atoms. The second-order valence-electron chi connectivity index (χ2n) is 4.12. The molecular formula is C13H20N2O4. The van der Waals surface area contributed by atoms with Crippen LogP contribution in [0.25, 0.3) is 0 Å². The molecule has 6 heteroatoms. The zero-order valence-corrected chi connectivity index (χ0v) is 12.0. The van der Waals surface area contributed by atoms with Gasteiger partial charge in [0.1, 0.15) is 5.60 Å². The van der Waals surface area contributed by atoms with E-state index >= 15 is 0 Å². The van der Waals surface area contributed by atoms with Crippen LogP contribution < -0.4 is 9.47 Å². The predicted octanol–water partition coefficient (Wildman–Crippen LogP) is 1.88. The molecule has 0 aliphatic heterocycles. The highest BCUT2D eigenvalue weighted by molar-refractivity contribution is 6.02. The van der Waals surface area contributed by atoms with E-state index in [1.54, 1.807) is 6.92 Å². The first kappa shape index (κ1) is 15.4. The SMILES string of the molecule is CCOC(C)(CC)C(=O)c1ncc(OC)nc1OC. The lowest BCUT2D eigenvalue weighted by atomic mass is 9.95. The van der Waals surface area contributed by atoms with Gasteiger partial charge in [0.2, 0.25) is 17.5 Å². The number of ketones is 1. The maximum atomic E-state index is 12.5. The molecule has 0 fully saturated rings. The van der Waals surface area contributed by atoms with Crippen LogP contribution in [0, 0.1) is 0 Å². The second-order valence-corrected chi connectivity index (χ2v) is 4.12. The summed E-state index contributed by atoms with van der Waals surface area (Å²) in [5.41, 5.74) is -0.772. The number of hydrogen-bond donors (Lipinski definition) is 0. The average molecular weight is 268 g/mol. The Morgan fingerprint density at radius 1 is 1.32 bits per heavy atom. The van der Waals surface area contributed by atoms with Crippen molar-refractivity contribution in [1.29, 1.82) is 0 Å². The molecule has 0 saturated carbocycles. The highest BCUT2D eigenvalue weighted by atomic mass is 16.5. The van der Waals surface area contributed by atoms with Crippen molar-refractivity contribution in [2.45, 2.75) is 32.8 Å². The number of ether oxygens (including phenoxy) is 3. The van der Waals surface area contributed by atoms with Gasteiger partial charge >= 0.3 is 0 Å². The summed E-state index contributed by atoms with van der Waals surface area (Å²) in [7, 11) is 2.91. The molecule has 0 aromatic carbocycles. The van der Waals surface area contributed by atoms with Crippen molar-refractivity contribution in [3.05, 3.63) is 11.9 Å². The van der Waals surface area contributed by atoms with Crippen LogP contribution in [-0.2, 0) is 4.74 Å². The maximum Gasteiger partial charge on any atom is 0.246 e. The molecule has 0 aliphatic carbocycles.